The summed E-state index contributed by atoms with van der Waals surface area (Å²) in [6.45, 7) is 4.29. The number of aliphatic hydroxyl groups is 2. The third-order valence-corrected chi connectivity index (χ3v) is 9.27. The van der Waals surface area contributed by atoms with Crippen molar-refractivity contribution < 1.29 is 15.0 Å². The summed E-state index contributed by atoms with van der Waals surface area (Å²) in [5, 5.41) is 22.8. The third kappa shape index (κ3) is 32.5. The molecular weight excluding hydrogens is 542 g/mol. The second-order valence-electron chi connectivity index (χ2n) is 13.7. The van der Waals surface area contributed by atoms with Crippen LogP contribution in [-0.2, 0) is 4.79 Å². The Morgan fingerprint density at radius 2 is 0.841 bits per heavy atom. The van der Waals surface area contributed by atoms with Gasteiger partial charge in [0.2, 0.25) is 5.91 Å². The summed E-state index contributed by atoms with van der Waals surface area (Å²) < 4.78 is 0. The van der Waals surface area contributed by atoms with Gasteiger partial charge in [0, 0.05) is 6.42 Å². The first-order valence-electron chi connectivity index (χ1n) is 19.9. The third-order valence-electron chi connectivity index (χ3n) is 9.27. The molecule has 0 aromatic rings. The molecule has 0 fully saturated rings. The van der Waals surface area contributed by atoms with Gasteiger partial charge in [0.15, 0.2) is 0 Å². The highest BCUT2D eigenvalue weighted by Gasteiger charge is 2.17. The normalized spacial score (nSPS) is 13.1. The zero-order valence-electron chi connectivity index (χ0n) is 29.9. The van der Waals surface area contributed by atoms with E-state index < -0.39 is 12.1 Å². The average Bonchev–Trinajstić information content (AvgIpc) is 3.03. The van der Waals surface area contributed by atoms with Crippen LogP contribution in [0.15, 0.2) is 12.2 Å². The van der Waals surface area contributed by atoms with Crippen LogP contribution in [0.5, 0.6) is 0 Å². The molecule has 0 radical (unpaired) electrons. The predicted octanol–water partition coefficient (Wildman–Crippen LogP) is 11.9. The van der Waals surface area contributed by atoms with Crippen molar-refractivity contribution in [1.82, 2.24) is 5.32 Å². The molecule has 4 nitrogen and oxygen atoms in total. The lowest BCUT2D eigenvalue weighted by Crippen LogP contribution is -2.45. The van der Waals surface area contributed by atoms with Crippen molar-refractivity contribution in [2.24, 2.45) is 0 Å². The maximum atomic E-state index is 12.3. The van der Waals surface area contributed by atoms with Crippen LogP contribution in [0.25, 0.3) is 0 Å². The number of allylic oxidation sites excluding steroid dienone is 1. The van der Waals surface area contributed by atoms with Gasteiger partial charge in [-0.2, -0.15) is 0 Å². The number of amides is 1. The summed E-state index contributed by atoms with van der Waals surface area (Å²) in [5.41, 5.74) is 0. The number of hydrogen-bond acceptors (Lipinski definition) is 3. The summed E-state index contributed by atoms with van der Waals surface area (Å²) in [5.74, 6) is -0.0629. The predicted molar refractivity (Wildman–Crippen MR) is 193 cm³/mol. The van der Waals surface area contributed by atoms with Gasteiger partial charge in [0.1, 0.15) is 0 Å². The van der Waals surface area contributed by atoms with E-state index in [9.17, 15) is 15.0 Å². The zero-order valence-corrected chi connectivity index (χ0v) is 29.9. The van der Waals surface area contributed by atoms with E-state index in [1.54, 1.807) is 6.08 Å². The molecule has 0 aliphatic carbocycles. The largest absolute Gasteiger partial charge is 0.394 e. The fourth-order valence-corrected chi connectivity index (χ4v) is 6.18. The number of carbonyl (C=O) groups excluding carboxylic acids is 1. The van der Waals surface area contributed by atoms with E-state index in [2.05, 4.69) is 19.2 Å². The first-order chi connectivity index (χ1) is 21.7. The van der Waals surface area contributed by atoms with Crippen molar-refractivity contribution in [3.8, 4) is 0 Å². The van der Waals surface area contributed by atoms with Crippen LogP contribution in [0.4, 0.5) is 0 Å². The Kier molecular flexibility index (Phi) is 35.9. The number of carbonyl (C=O) groups is 1. The Bertz CT molecular complexity index is 593. The molecule has 0 unspecified atom stereocenters. The van der Waals surface area contributed by atoms with Crippen LogP contribution < -0.4 is 5.32 Å². The van der Waals surface area contributed by atoms with Gasteiger partial charge < -0.3 is 15.5 Å². The molecule has 4 heteroatoms. The van der Waals surface area contributed by atoms with E-state index in [4.69, 9.17) is 0 Å². The minimum absolute atomic E-state index is 0.0629. The van der Waals surface area contributed by atoms with Gasteiger partial charge in [-0.1, -0.05) is 206 Å². The summed E-state index contributed by atoms with van der Waals surface area (Å²) in [7, 11) is 0. The highest BCUT2D eigenvalue weighted by Crippen LogP contribution is 2.16. The Morgan fingerprint density at radius 1 is 0.523 bits per heavy atom. The molecule has 0 rings (SSSR count). The molecule has 2 atom stereocenters. The molecule has 3 N–H and O–H groups in total. The van der Waals surface area contributed by atoms with Gasteiger partial charge in [0.25, 0.3) is 0 Å². The van der Waals surface area contributed by atoms with Crippen molar-refractivity contribution >= 4 is 5.91 Å². The standard InChI is InChI=1S/C40H79NO3/c1-3-5-7-9-11-13-14-15-16-17-18-19-20-21-22-23-24-25-26-28-30-32-34-36-40(44)41-38(37-42)39(43)35-33-31-29-27-12-10-8-6-4-2/h33,35,38-39,42-43H,3-32,34,36-37H2,1-2H3,(H,41,44)/b35-33+/t38-,39+/m0/s1. The van der Waals surface area contributed by atoms with E-state index in [-0.39, 0.29) is 12.5 Å². The summed E-state index contributed by atoms with van der Waals surface area (Å²) in [4.78, 5) is 12.3. The van der Waals surface area contributed by atoms with Gasteiger partial charge in [0.05, 0.1) is 18.8 Å². The van der Waals surface area contributed by atoms with E-state index in [0.29, 0.717) is 6.42 Å². The molecule has 0 spiro atoms. The molecule has 0 aliphatic rings. The molecule has 0 aromatic heterocycles. The molecule has 0 saturated heterocycles. The molecular formula is C40H79NO3. The number of unbranched alkanes of at least 4 members (excludes halogenated alkanes) is 29. The highest BCUT2D eigenvalue weighted by molar-refractivity contribution is 5.76. The summed E-state index contributed by atoms with van der Waals surface area (Å²) in [6, 6.07) is -0.614. The van der Waals surface area contributed by atoms with Crippen molar-refractivity contribution in [2.75, 3.05) is 6.61 Å². The molecule has 0 aromatic carbocycles. The zero-order chi connectivity index (χ0) is 32.2. The smallest absolute Gasteiger partial charge is 0.220 e. The topological polar surface area (TPSA) is 69.6 Å². The molecule has 0 bridgehead atoms. The maximum absolute atomic E-state index is 12.3. The molecule has 0 aliphatic heterocycles. The Labute approximate surface area is 276 Å². The van der Waals surface area contributed by atoms with Crippen molar-refractivity contribution in [3.63, 3.8) is 0 Å². The molecule has 44 heavy (non-hydrogen) atoms. The quantitative estimate of drug-likeness (QED) is 0.0481. The average molecular weight is 622 g/mol. The van der Waals surface area contributed by atoms with Crippen molar-refractivity contribution in [2.45, 2.75) is 231 Å². The van der Waals surface area contributed by atoms with Gasteiger partial charge in [-0.3, -0.25) is 4.79 Å². The van der Waals surface area contributed by atoms with Gasteiger partial charge in [-0.15, -0.1) is 0 Å². The van der Waals surface area contributed by atoms with Crippen LogP contribution in [-0.4, -0.2) is 34.9 Å². The second-order valence-corrected chi connectivity index (χ2v) is 13.7. The second kappa shape index (κ2) is 36.6. The lowest BCUT2D eigenvalue weighted by Gasteiger charge is -2.20. The van der Waals surface area contributed by atoms with Crippen LogP contribution in [0.1, 0.15) is 219 Å². The van der Waals surface area contributed by atoms with Crippen molar-refractivity contribution in [3.05, 3.63) is 12.2 Å². The maximum Gasteiger partial charge on any atom is 0.220 e. The SMILES string of the molecule is CCCCCCCCC/C=C/[C@@H](O)[C@H](CO)NC(=O)CCCCCCCCCCCCCCCCCCCCCCCCC. The summed E-state index contributed by atoms with van der Waals surface area (Å²) >= 11 is 0. The van der Waals surface area contributed by atoms with Crippen LogP contribution in [0.3, 0.4) is 0 Å². The Balaban J connectivity index is 3.46. The Hall–Kier alpha value is -0.870. The number of aliphatic hydroxyl groups excluding tert-OH is 2. The summed E-state index contributed by atoms with van der Waals surface area (Å²) in [6.07, 6.45) is 44.6. The van der Waals surface area contributed by atoms with E-state index in [0.717, 1.165) is 25.7 Å². The van der Waals surface area contributed by atoms with Gasteiger partial charge in [-0.05, 0) is 19.3 Å². The van der Waals surface area contributed by atoms with Crippen LogP contribution in [0, 0.1) is 0 Å². The molecule has 0 heterocycles. The number of rotatable bonds is 36. The Morgan fingerprint density at radius 3 is 1.18 bits per heavy atom. The van der Waals surface area contributed by atoms with Gasteiger partial charge in [-0.25, -0.2) is 0 Å². The van der Waals surface area contributed by atoms with E-state index >= 15 is 0 Å². The number of nitrogens with one attached hydrogen (secondary N) is 1. The van der Waals surface area contributed by atoms with Gasteiger partial charge >= 0.3 is 0 Å². The van der Waals surface area contributed by atoms with Crippen molar-refractivity contribution in [1.29, 1.82) is 0 Å². The lowest BCUT2D eigenvalue weighted by atomic mass is 10.0. The minimum atomic E-state index is -0.831. The molecule has 262 valence electrons. The fraction of sp³-hybridized carbons (Fsp3) is 0.925. The number of hydrogen-bond donors (Lipinski definition) is 3. The van der Waals surface area contributed by atoms with Crippen LogP contribution in [0.2, 0.25) is 0 Å². The minimum Gasteiger partial charge on any atom is -0.394 e. The lowest BCUT2D eigenvalue weighted by molar-refractivity contribution is -0.123. The first-order valence-corrected chi connectivity index (χ1v) is 19.9. The molecule has 0 saturated carbocycles. The fourth-order valence-electron chi connectivity index (χ4n) is 6.18. The molecule has 1 amide bonds. The van der Waals surface area contributed by atoms with E-state index in [1.807, 2.05) is 6.08 Å². The first kappa shape index (κ1) is 43.1. The van der Waals surface area contributed by atoms with E-state index in [1.165, 1.54) is 173 Å². The monoisotopic (exact) mass is 622 g/mol. The van der Waals surface area contributed by atoms with Crippen LogP contribution >= 0.6 is 0 Å². The highest BCUT2D eigenvalue weighted by atomic mass is 16.3.